The highest BCUT2D eigenvalue weighted by molar-refractivity contribution is 5.94. The molecule has 0 bridgehead atoms. The molecule has 0 atom stereocenters. The van der Waals surface area contributed by atoms with Crippen molar-refractivity contribution in [1.29, 1.82) is 0 Å². The molecule has 1 fully saturated rings. The Morgan fingerprint density at radius 1 is 1.12 bits per heavy atom. The highest BCUT2D eigenvalue weighted by Gasteiger charge is 2.19. The molecular weight excluding hydrogens is 422 g/mol. The molecule has 1 aliphatic rings. The normalized spacial score (nSPS) is 13.7. The highest BCUT2D eigenvalue weighted by atomic mass is 16.6. The lowest BCUT2D eigenvalue weighted by Gasteiger charge is -2.09. The molecule has 1 heterocycles. The summed E-state index contributed by atoms with van der Waals surface area (Å²) in [5.41, 5.74) is 1.37. The number of hydrogen-bond donors (Lipinski definition) is 2. The van der Waals surface area contributed by atoms with Crippen LogP contribution in [-0.2, 0) is 6.42 Å². The van der Waals surface area contributed by atoms with Gasteiger partial charge in [-0.2, -0.15) is 4.98 Å². The van der Waals surface area contributed by atoms with Gasteiger partial charge in [-0.25, -0.2) is 0 Å². The van der Waals surface area contributed by atoms with Crippen molar-refractivity contribution < 1.29 is 14.2 Å². The fraction of sp³-hybridized carbons (Fsp3) is 0.375. The summed E-state index contributed by atoms with van der Waals surface area (Å²) >= 11 is 0. The number of aryl methyl sites for hydroxylation is 1. The maximum Gasteiger partial charge on any atom is 0.293 e. The largest absolute Gasteiger partial charge is 0.378 e. The van der Waals surface area contributed by atoms with Gasteiger partial charge < -0.3 is 15.2 Å². The summed E-state index contributed by atoms with van der Waals surface area (Å²) in [6, 6.07) is 13.7. The van der Waals surface area contributed by atoms with Crippen LogP contribution in [0.4, 0.5) is 11.4 Å². The minimum absolute atomic E-state index is 0.0841. The maximum absolute atomic E-state index is 12.1. The van der Waals surface area contributed by atoms with Crippen molar-refractivity contribution in [2.24, 2.45) is 5.92 Å². The number of hydrogen-bond acceptors (Lipinski definition) is 7. The van der Waals surface area contributed by atoms with Gasteiger partial charge in [0.15, 0.2) is 0 Å². The van der Waals surface area contributed by atoms with Gasteiger partial charge in [-0.3, -0.25) is 14.9 Å². The van der Waals surface area contributed by atoms with E-state index in [9.17, 15) is 14.9 Å². The summed E-state index contributed by atoms with van der Waals surface area (Å²) in [6.07, 6.45) is 6.88. The van der Waals surface area contributed by atoms with Crippen LogP contribution >= 0.6 is 0 Å². The van der Waals surface area contributed by atoms with E-state index in [1.807, 2.05) is 6.07 Å². The molecule has 9 nitrogen and oxygen atoms in total. The Morgan fingerprint density at radius 2 is 1.91 bits per heavy atom. The zero-order valence-electron chi connectivity index (χ0n) is 18.3. The second kappa shape index (κ2) is 10.7. The van der Waals surface area contributed by atoms with Crippen LogP contribution < -0.4 is 10.6 Å². The summed E-state index contributed by atoms with van der Waals surface area (Å²) in [7, 11) is 0. The Balaban J connectivity index is 1.34. The number of carbonyl (C=O) groups is 1. The molecule has 9 heteroatoms. The van der Waals surface area contributed by atoms with E-state index in [2.05, 4.69) is 20.8 Å². The first-order chi connectivity index (χ1) is 16.1. The molecule has 1 aliphatic carbocycles. The van der Waals surface area contributed by atoms with Gasteiger partial charge in [0.25, 0.3) is 11.6 Å². The average molecular weight is 450 g/mol. The van der Waals surface area contributed by atoms with Gasteiger partial charge in [0.2, 0.25) is 11.7 Å². The van der Waals surface area contributed by atoms with E-state index in [4.69, 9.17) is 4.52 Å². The van der Waals surface area contributed by atoms with Crippen LogP contribution in [0.25, 0.3) is 11.4 Å². The lowest BCUT2D eigenvalue weighted by molar-refractivity contribution is -0.383. The number of nitrogens with one attached hydrogen (secondary N) is 2. The van der Waals surface area contributed by atoms with Crippen molar-refractivity contribution in [3.05, 3.63) is 70.1 Å². The van der Waals surface area contributed by atoms with Crippen LogP contribution in [0.15, 0.2) is 53.1 Å². The fourth-order valence-electron chi connectivity index (χ4n) is 4.14. The Kier molecular flexibility index (Phi) is 7.29. The Morgan fingerprint density at radius 3 is 2.67 bits per heavy atom. The monoisotopic (exact) mass is 449 g/mol. The van der Waals surface area contributed by atoms with Gasteiger partial charge >= 0.3 is 0 Å². The maximum atomic E-state index is 12.1. The first-order valence-corrected chi connectivity index (χ1v) is 11.3. The number of nitro benzene ring substituents is 1. The molecule has 0 aliphatic heterocycles. The van der Waals surface area contributed by atoms with E-state index in [1.54, 1.807) is 36.4 Å². The summed E-state index contributed by atoms with van der Waals surface area (Å²) in [4.78, 5) is 27.7. The standard InChI is InChI=1S/C24H27N5O4/c30-24(18-8-2-1-3-9-18)26-15-14-25-20-12-11-19(16-21(20)29(31)32)23-27-22(33-28-23)13-10-17-6-4-5-7-17/h1-3,8-9,11-12,16-17,25H,4-7,10,13-15H2,(H,26,30). The molecule has 2 N–H and O–H groups in total. The SMILES string of the molecule is O=C(NCCNc1ccc(-c2noc(CCC3CCCC3)n2)cc1[N+](=O)[O-])c1ccccc1. The van der Waals surface area contributed by atoms with E-state index in [1.165, 1.54) is 31.7 Å². The number of nitro groups is 1. The van der Waals surface area contributed by atoms with Crippen molar-refractivity contribution in [1.82, 2.24) is 15.5 Å². The van der Waals surface area contributed by atoms with E-state index in [0.29, 0.717) is 41.6 Å². The number of nitrogens with zero attached hydrogens (tertiary/aromatic N) is 3. The van der Waals surface area contributed by atoms with Gasteiger partial charge in [-0.05, 0) is 36.6 Å². The van der Waals surface area contributed by atoms with Crippen molar-refractivity contribution in [3.63, 3.8) is 0 Å². The Hall–Kier alpha value is -3.75. The molecule has 1 saturated carbocycles. The molecule has 0 unspecified atom stereocenters. The van der Waals surface area contributed by atoms with Crippen LogP contribution in [0.2, 0.25) is 0 Å². The Labute approximate surface area is 191 Å². The minimum atomic E-state index is -0.449. The summed E-state index contributed by atoms with van der Waals surface area (Å²) in [5.74, 6) is 1.45. The Bertz CT molecular complexity index is 1090. The summed E-state index contributed by atoms with van der Waals surface area (Å²) in [5, 5.41) is 21.4. The van der Waals surface area contributed by atoms with Gasteiger partial charge in [0.05, 0.1) is 4.92 Å². The average Bonchev–Trinajstić information content (AvgIpc) is 3.53. The number of rotatable bonds is 10. The van der Waals surface area contributed by atoms with Gasteiger partial charge in [0, 0.05) is 36.7 Å². The molecule has 172 valence electrons. The molecule has 1 aromatic heterocycles. The van der Waals surface area contributed by atoms with Crippen molar-refractivity contribution >= 4 is 17.3 Å². The van der Waals surface area contributed by atoms with Gasteiger partial charge in [-0.15, -0.1) is 0 Å². The molecule has 3 aromatic rings. The lowest BCUT2D eigenvalue weighted by Crippen LogP contribution is -2.28. The topological polar surface area (TPSA) is 123 Å². The van der Waals surface area contributed by atoms with Crippen LogP contribution in [0.1, 0.15) is 48.4 Å². The molecule has 0 radical (unpaired) electrons. The van der Waals surface area contributed by atoms with E-state index in [-0.39, 0.29) is 11.6 Å². The molecule has 1 amide bonds. The van der Waals surface area contributed by atoms with Crippen LogP contribution in [0.5, 0.6) is 0 Å². The number of benzene rings is 2. The van der Waals surface area contributed by atoms with Gasteiger partial charge in [0.1, 0.15) is 5.69 Å². The zero-order valence-corrected chi connectivity index (χ0v) is 18.3. The first-order valence-electron chi connectivity index (χ1n) is 11.3. The number of amides is 1. The predicted molar refractivity (Wildman–Crippen MR) is 124 cm³/mol. The smallest absolute Gasteiger partial charge is 0.293 e. The van der Waals surface area contributed by atoms with Crippen LogP contribution in [0, 0.1) is 16.0 Å². The summed E-state index contributed by atoms with van der Waals surface area (Å²) < 4.78 is 5.36. The predicted octanol–water partition coefficient (Wildman–Crippen LogP) is 4.61. The number of anilines is 1. The zero-order chi connectivity index (χ0) is 23.0. The molecule has 4 rings (SSSR count). The van der Waals surface area contributed by atoms with E-state index < -0.39 is 4.92 Å². The number of carbonyl (C=O) groups excluding carboxylic acids is 1. The number of aromatic nitrogens is 2. The third kappa shape index (κ3) is 5.94. The second-order valence-electron chi connectivity index (χ2n) is 8.24. The van der Waals surface area contributed by atoms with Crippen LogP contribution in [0.3, 0.4) is 0 Å². The minimum Gasteiger partial charge on any atom is -0.378 e. The molecule has 2 aromatic carbocycles. The molecule has 0 spiro atoms. The molecular formula is C24H27N5O4. The fourth-order valence-corrected chi connectivity index (χ4v) is 4.14. The van der Waals surface area contributed by atoms with Crippen molar-refractivity contribution in [2.75, 3.05) is 18.4 Å². The highest BCUT2D eigenvalue weighted by Crippen LogP contribution is 2.31. The second-order valence-corrected chi connectivity index (χ2v) is 8.24. The third-order valence-corrected chi connectivity index (χ3v) is 5.92. The lowest BCUT2D eigenvalue weighted by atomic mass is 10.0. The van der Waals surface area contributed by atoms with Crippen LogP contribution in [-0.4, -0.2) is 34.1 Å². The summed E-state index contributed by atoms with van der Waals surface area (Å²) in [6.45, 7) is 0.661. The van der Waals surface area contributed by atoms with Crippen molar-refractivity contribution in [3.8, 4) is 11.4 Å². The van der Waals surface area contributed by atoms with Crippen molar-refractivity contribution in [2.45, 2.75) is 38.5 Å². The van der Waals surface area contributed by atoms with E-state index in [0.717, 1.165) is 18.8 Å². The first kappa shape index (κ1) is 22.4. The third-order valence-electron chi connectivity index (χ3n) is 5.92. The quantitative estimate of drug-likeness (QED) is 0.263. The molecule has 0 saturated heterocycles. The van der Waals surface area contributed by atoms with E-state index >= 15 is 0 Å². The van der Waals surface area contributed by atoms with Gasteiger partial charge in [-0.1, -0.05) is 49.0 Å². The molecule has 33 heavy (non-hydrogen) atoms.